The number of carbonyl (C=O) groups is 1. The zero-order valence-corrected chi connectivity index (χ0v) is 21.6. The molecule has 1 aliphatic carbocycles. The van der Waals surface area contributed by atoms with Crippen molar-refractivity contribution < 1.29 is 4.79 Å². The van der Waals surface area contributed by atoms with Crippen LogP contribution in [0.5, 0.6) is 0 Å². The molecule has 178 valence electrons. The van der Waals surface area contributed by atoms with Gasteiger partial charge in [-0.25, -0.2) is 0 Å². The molecule has 5 rings (SSSR count). The molecule has 0 saturated heterocycles. The molecule has 2 aromatic heterocycles. The fourth-order valence-corrected chi connectivity index (χ4v) is 4.74. The number of carbonyl (C=O) groups excluding carboxylic acids is 1. The molecule has 0 atom stereocenters. The number of aryl methyl sites for hydroxylation is 2. The molecule has 1 N–H and O–H groups in total. The van der Waals surface area contributed by atoms with Crippen LogP contribution in [-0.2, 0) is 13.1 Å². The van der Waals surface area contributed by atoms with Crippen molar-refractivity contribution >= 4 is 28.6 Å². The third-order valence-corrected chi connectivity index (χ3v) is 6.86. The Balaban J connectivity index is 0.00000133. The van der Waals surface area contributed by atoms with Crippen LogP contribution >= 0.6 is 11.8 Å². The van der Waals surface area contributed by atoms with E-state index < -0.39 is 0 Å². The van der Waals surface area contributed by atoms with Gasteiger partial charge in [-0.15, -0.1) is 11.8 Å². The summed E-state index contributed by atoms with van der Waals surface area (Å²) < 4.78 is 4.51. The Morgan fingerprint density at radius 1 is 1.06 bits per heavy atom. The zero-order chi connectivity index (χ0) is 24.2. The molecule has 0 spiro atoms. The topological polar surface area (TPSA) is 51.9 Å². The van der Waals surface area contributed by atoms with Crippen molar-refractivity contribution in [2.75, 3.05) is 6.26 Å². The molecule has 0 aliphatic heterocycles. The van der Waals surface area contributed by atoms with Gasteiger partial charge in [-0.05, 0) is 81.0 Å². The van der Waals surface area contributed by atoms with Crippen molar-refractivity contribution in [3.8, 4) is 0 Å². The second-order valence-corrected chi connectivity index (χ2v) is 9.51. The van der Waals surface area contributed by atoms with Crippen molar-refractivity contribution in [3.63, 3.8) is 0 Å². The Kier molecular flexibility index (Phi) is 7.47. The highest BCUT2D eigenvalue weighted by molar-refractivity contribution is 7.98. The molecule has 5 nitrogen and oxygen atoms in total. The third kappa shape index (κ3) is 5.22. The van der Waals surface area contributed by atoms with E-state index in [9.17, 15) is 4.79 Å². The summed E-state index contributed by atoms with van der Waals surface area (Å²) in [7, 11) is 0. The zero-order valence-electron chi connectivity index (χ0n) is 20.8. The second-order valence-electron chi connectivity index (χ2n) is 8.63. The highest BCUT2D eigenvalue weighted by atomic mass is 32.2. The minimum absolute atomic E-state index is 0.0416. The lowest BCUT2D eigenvalue weighted by Gasteiger charge is -2.11. The summed E-state index contributed by atoms with van der Waals surface area (Å²) in [5.74, 6) is -0.0416. The number of rotatable bonds is 7. The molecule has 0 radical (unpaired) electrons. The molecule has 1 saturated carbocycles. The van der Waals surface area contributed by atoms with Crippen LogP contribution in [0.3, 0.4) is 0 Å². The summed E-state index contributed by atoms with van der Waals surface area (Å²) in [5, 5.41) is 8.82. The van der Waals surface area contributed by atoms with Gasteiger partial charge in [-0.3, -0.25) is 9.48 Å². The maximum absolute atomic E-state index is 12.8. The molecule has 1 aliphatic rings. The molecule has 1 amide bonds. The first-order valence-electron chi connectivity index (χ1n) is 12.1. The maximum atomic E-state index is 12.8. The normalized spacial score (nSPS) is 13.0. The van der Waals surface area contributed by atoms with E-state index in [0.717, 1.165) is 23.2 Å². The van der Waals surface area contributed by atoms with E-state index in [1.165, 1.54) is 34.6 Å². The van der Waals surface area contributed by atoms with Gasteiger partial charge in [0.05, 0.1) is 12.2 Å². The SMILES string of the molecule is CC.CSc1ccc(CNC(=O)c2ccc3c(c2)cc(Cn2nc(C)cc2C)n3C2CC2)cc1. The van der Waals surface area contributed by atoms with Gasteiger partial charge >= 0.3 is 0 Å². The van der Waals surface area contributed by atoms with Gasteiger partial charge in [0.2, 0.25) is 0 Å². The largest absolute Gasteiger partial charge is 0.348 e. The lowest BCUT2D eigenvalue weighted by atomic mass is 10.1. The van der Waals surface area contributed by atoms with Gasteiger partial charge < -0.3 is 9.88 Å². The third-order valence-electron chi connectivity index (χ3n) is 6.12. The van der Waals surface area contributed by atoms with E-state index in [1.807, 2.05) is 32.9 Å². The van der Waals surface area contributed by atoms with Crippen LogP contribution in [0.15, 0.2) is 59.5 Å². The Hall–Kier alpha value is -2.99. The predicted molar refractivity (Wildman–Crippen MR) is 142 cm³/mol. The summed E-state index contributed by atoms with van der Waals surface area (Å²) in [6.45, 7) is 9.40. The first-order chi connectivity index (χ1) is 16.5. The molecule has 2 aromatic carbocycles. The summed E-state index contributed by atoms with van der Waals surface area (Å²) in [5.41, 5.74) is 6.46. The minimum atomic E-state index is -0.0416. The number of amides is 1. The molecular formula is C28H34N4OS. The van der Waals surface area contributed by atoms with Gasteiger partial charge in [-0.2, -0.15) is 5.10 Å². The van der Waals surface area contributed by atoms with Crippen molar-refractivity contribution in [1.29, 1.82) is 0 Å². The second kappa shape index (κ2) is 10.5. The van der Waals surface area contributed by atoms with Crippen LogP contribution in [0.2, 0.25) is 0 Å². The number of nitrogens with one attached hydrogen (secondary N) is 1. The number of fused-ring (bicyclic) bond motifs is 1. The van der Waals surface area contributed by atoms with Crippen molar-refractivity contribution in [2.24, 2.45) is 0 Å². The minimum Gasteiger partial charge on any atom is -0.348 e. The summed E-state index contributed by atoms with van der Waals surface area (Å²) in [6.07, 6.45) is 4.49. The molecule has 2 heterocycles. The smallest absolute Gasteiger partial charge is 0.251 e. The van der Waals surface area contributed by atoms with Gasteiger partial charge in [0.15, 0.2) is 0 Å². The maximum Gasteiger partial charge on any atom is 0.251 e. The molecular weight excluding hydrogens is 440 g/mol. The fraction of sp³-hybridized carbons (Fsp3) is 0.357. The molecule has 0 unspecified atom stereocenters. The monoisotopic (exact) mass is 474 g/mol. The van der Waals surface area contributed by atoms with Crippen LogP contribution in [0.4, 0.5) is 0 Å². The van der Waals surface area contributed by atoms with E-state index in [2.05, 4.69) is 75.3 Å². The average molecular weight is 475 g/mol. The van der Waals surface area contributed by atoms with Crippen LogP contribution < -0.4 is 5.32 Å². The molecule has 34 heavy (non-hydrogen) atoms. The molecule has 1 fully saturated rings. The number of aromatic nitrogens is 3. The highest BCUT2D eigenvalue weighted by Gasteiger charge is 2.27. The molecule has 0 bridgehead atoms. The van der Waals surface area contributed by atoms with E-state index in [4.69, 9.17) is 0 Å². The predicted octanol–water partition coefficient (Wildman–Crippen LogP) is 6.52. The quantitative estimate of drug-likeness (QED) is 0.310. The summed E-state index contributed by atoms with van der Waals surface area (Å²) in [6, 6.07) is 19.3. The first-order valence-corrected chi connectivity index (χ1v) is 13.3. The van der Waals surface area contributed by atoms with Gasteiger partial charge in [0, 0.05) is 45.3 Å². The Morgan fingerprint density at radius 3 is 2.41 bits per heavy atom. The van der Waals surface area contributed by atoms with E-state index in [1.54, 1.807) is 11.8 Å². The standard InChI is InChI=1S/C26H28N4OS.C2H6/c1-17-12-18(2)29(28-17)16-23-14-21-13-20(6-11-25(21)30(23)22-7-8-22)26(31)27-15-19-4-9-24(32-3)10-5-19;1-2/h4-6,9-14,22H,7-8,15-16H2,1-3H3,(H,27,31);1-2H3. The van der Waals surface area contributed by atoms with E-state index in [0.29, 0.717) is 18.2 Å². The summed E-state index contributed by atoms with van der Waals surface area (Å²) in [4.78, 5) is 14.0. The highest BCUT2D eigenvalue weighted by Crippen LogP contribution is 2.40. The number of thioether (sulfide) groups is 1. The Labute approximate surface area is 206 Å². The van der Waals surface area contributed by atoms with Crippen LogP contribution in [-0.4, -0.2) is 26.5 Å². The van der Waals surface area contributed by atoms with Gasteiger partial charge in [0.25, 0.3) is 5.91 Å². The van der Waals surface area contributed by atoms with Crippen LogP contribution in [0.25, 0.3) is 10.9 Å². The first kappa shape index (κ1) is 24.1. The average Bonchev–Trinajstić information content (AvgIpc) is 3.56. The van der Waals surface area contributed by atoms with Crippen molar-refractivity contribution in [1.82, 2.24) is 19.7 Å². The lowest BCUT2D eigenvalue weighted by Crippen LogP contribution is -2.22. The van der Waals surface area contributed by atoms with Crippen molar-refractivity contribution in [2.45, 2.75) is 64.6 Å². The number of benzene rings is 2. The van der Waals surface area contributed by atoms with Crippen molar-refractivity contribution in [3.05, 3.63) is 82.8 Å². The lowest BCUT2D eigenvalue weighted by molar-refractivity contribution is 0.0951. The number of nitrogens with zero attached hydrogens (tertiary/aromatic N) is 3. The van der Waals surface area contributed by atoms with Gasteiger partial charge in [0.1, 0.15) is 0 Å². The van der Waals surface area contributed by atoms with Crippen LogP contribution in [0.1, 0.15) is 65.7 Å². The summed E-state index contributed by atoms with van der Waals surface area (Å²) >= 11 is 1.72. The number of hydrogen-bond acceptors (Lipinski definition) is 3. The van der Waals surface area contributed by atoms with E-state index in [-0.39, 0.29) is 5.91 Å². The van der Waals surface area contributed by atoms with Crippen LogP contribution in [0, 0.1) is 13.8 Å². The number of hydrogen-bond donors (Lipinski definition) is 1. The Bertz CT molecular complexity index is 1280. The molecule has 6 heteroatoms. The Morgan fingerprint density at radius 2 is 1.79 bits per heavy atom. The van der Waals surface area contributed by atoms with Gasteiger partial charge in [-0.1, -0.05) is 26.0 Å². The van der Waals surface area contributed by atoms with E-state index >= 15 is 0 Å². The fourth-order valence-electron chi connectivity index (χ4n) is 4.34. The molecule has 4 aromatic rings.